The Kier molecular flexibility index (Phi) is 4.31. The molecule has 1 aliphatic heterocycles. The first-order valence-electron chi connectivity index (χ1n) is 8.91. The summed E-state index contributed by atoms with van der Waals surface area (Å²) in [4.78, 5) is 4.57. The Morgan fingerprint density at radius 2 is 2.08 bits per heavy atom. The number of nitrogens with one attached hydrogen (secondary N) is 1. The highest BCUT2D eigenvalue weighted by Crippen LogP contribution is 2.23. The highest BCUT2D eigenvalue weighted by Gasteiger charge is 2.20. The van der Waals surface area contributed by atoms with Crippen LogP contribution in [0.25, 0.3) is 11.3 Å². The Bertz CT molecular complexity index is 957. The van der Waals surface area contributed by atoms with E-state index in [9.17, 15) is 0 Å². The summed E-state index contributed by atoms with van der Waals surface area (Å²) >= 11 is 0. The van der Waals surface area contributed by atoms with E-state index in [0.29, 0.717) is 11.6 Å². The van der Waals surface area contributed by atoms with E-state index in [1.807, 2.05) is 42.9 Å². The van der Waals surface area contributed by atoms with Crippen LogP contribution in [0.1, 0.15) is 29.1 Å². The van der Waals surface area contributed by atoms with Crippen molar-refractivity contribution in [3.8, 4) is 17.3 Å². The molecule has 0 spiro atoms. The molecule has 1 aliphatic rings. The van der Waals surface area contributed by atoms with Gasteiger partial charge in [0.05, 0.1) is 23.0 Å². The summed E-state index contributed by atoms with van der Waals surface area (Å²) in [6.45, 7) is 3.78. The maximum Gasteiger partial charge on any atom is 0.109 e. The molecule has 0 fully saturated rings. The Balaban J connectivity index is 1.48. The van der Waals surface area contributed by atoms with E-state index in [0.717, 1.165) is 42.9 Å². The highest BCUT2D eigenvalue weighted by molar-refractivity contribution is 5.63. The van der Waals surface area contributed by atoms with Crippen LogP contribution in [0.2, 0.25) is 0 Å². The zero-order valence-corrected chi connectivity index (χ0v) is 15.1. The first kappa shape index (κ1) is 16.6. The second-order valence-corrected chi connectivity index (χ2v) is 6.93. The number of nitriles is 1. The number of imidazole rings is 1. The molecular weight excluding hydrogens is 324 g/mol. The fourth-order valence-electron chi connectivity index (χ4n) is 3.62. The maximum atomic E-state index is 8.97. The van der Waals surface area contributed by atoms with Crippen LogP contribution >= 0.6 is 0 Å². The molecule has 1 N–H and O–H groups in total. The number of aromatic nitrogens is 4. The zero-order valence-electron chi connectivity index (χ0n) is 15.1. The molecule has 0 radical (unpaired) electrons. The monoisotopic (exact) mass is 346 g/mol. The minimum Gasteiger partial charge on any atom is -0.333 e. The third kappa shape index (κ3) is 3.26. The van der Waals surface area contributed by atoms with Gasteiger partial charge in [-0.2, -0.15) is 10.4 Å². The summed E-state index contributed by atoms with van der Waals surface area (Å²) < 4.78 is 4.12. The van der Waals surface area contributed by atoms with Crippen molar-refractivity contribution < 1.29 is 0 Å². The third-order valence-corrected chi connectivity index (χ3v) is 4.89. The second-order valence-electron chi connectivity index (χ2n) is 6.93. The van der Waals surface area contributed by atoms with E-state index >= 15 is 0 Å². The van der Waals surface area contributed by atoms with Crippen molar-refractivity contribution in [1.29, 1.82) is 5.26 Å². The molecule has 0 saturated heterocycles. The van der Waals surface area contributed by atoms with Gasteiger partial charge in [-0.05, 0) is 25.5 Å². The Morgan fingerprint density at radius 3 is 2.85 bits per heavy atom. The topological polar surface area (TPSA) is 71.5 Å². The number of rotatable bonds is 4. The lowest BCUT2D eigenvalue weighted by atomic mass is 10.0. The van der Waals surface area contributed by atoms with E-state index in [4.69, 9.17) is 5.26 Å². The SMILES string of the molecule is Cc1cn2c(n1)CC[C@H](NCc1cn(C)nc1-c1ccc(C#N)cc1)C2. The van der Waals surface area contributed by atoms with Gasteiger partial charge >= 0.3 is 0 Å². The summed E-state index contributed by atoms with van der Waals surface area (Å²) in [5, 5.41) is 17.3. The van der Waals surface area contributed by atoms with Gasteiger partial charge in [-0.1, -0.05) is 12.1 Å². The van der Waals surface area contributed by atoms with Crippen LogP contribution in [0.5, 0.6) is 0 Å². The lowest BCUT2D eigenvalue weighted by molar-refractivity contribution is 0.379. The van der Waals surface area contributed by atoms with Crippen molar-refractivity contribution in [2.75, 3.05) is 0 Å². The van der Waals surface area contributed by atoms with Gasteiger partial charge in [-0.3, -0.25) is 4.68 Å². The van der Waals surface area contributed by atoms with Crippen molar-refractivity contribution in [2.24, 2.45) is 7.05 Å². The molecule has 26 heavy (non-hydrogen) atoms. The largest absolute Gasteiger partial charge is 0.333 e. The Morgan fingerprint density at radius 1 is 1.27 bits per heavy atom. The van der Waals surface area contributed by atoms with E-state index in [1.165, 1.54) is 11.4 Å². The van der Waals surface area contributed by atoms with Crippen LogP contribution in [0.4, 0.5) is 0 Å². The van der Waals surface area contributed by atoms with Crippen molar-refractivity contribution in [2.45, 2.75) is 38.9 Å². The summed E-state index contributed by atoms with van der Waals surface area (Å²) in [6, 6.07) is 10.2. The third-order valence-electron chi connectivity index (χ3n) is 4.89. The van der Waals surface area contributed by atoms with Gasteiger partial charge in [-0.25, -0.2) is 4.98 Å². The molecule has 6 heteroatoms. The molecule has 0 aliphatic carbocycles. The van der Waals surface area contributed by atoms with Gasteiger partial charge in [0.15, 0.2) is 0 Å². The lowest BCUT2D eigenvalue weighted by Crippen LogP contribution is -2.36. The van der Waals surface area contributed by atoms with Gasteiger partial charge in [0.2, 0.25) is 0 Å². The molecule has 0 saturated carbocycles. The summed E-state index contributed by atoms with van der Waals surface area (Å²) in [7, 11) is 1.94. The standard InChI is InChI=1S/C20H22N6/c1-14-11-26-13-18(7-8-19(26)23-14)22-10-17-12-25(2)24-20(17)16-5-3-15(9-21)4-6-16/h3-6,11-12,18,22H,7-8,10,13H2,1-2H3/t18-/m0/s1. The predicted molar refractivity (Wildman–Crippen MR) is 99.3 cm³/mol. The average Bonchev–Trinajstić information content (AvgIpc) is 3.20. The van der Waals surface area contributed by atoms with Gasteiger partial charge in [0.25, 0.3) is 0 Å². The zero-order chi connectivity index (χ0) is 18.1. The maximum absolute atomic E-state index is 8.97. The minimum absolute atomic E-state index is 0.435. The van der Waals surface area contributed by atoms with E-state index in [2.05, 4.69) is 38.4 Å². The van der Waals surface area contributed by atoms with E-state index < -0.39 is 0 Å². The molecule has 2 aromatic heterocycles. The summed E-state index contributed by atoms with van der Waals surface area (Å²) in [5.74, 6) is 1.19. The Labute approximate surface area is 153 Å². The number of hydrogen-bond acceptors (Lipinski definition) is 4. The first-order valence-corrected chi connectivity index (χ1v) is 8.91. The number of aryl methyl sites for hydroxylation is 3. The summed E-state index contributed by atoms with van der Waals surface area (Å²) in [6.07, 6.45) is 6.32. The molecule has 4 rings (SSSR count). The van der Waals surface area contributed by atoms with Crippen LogP contribution in [0.3, 0.4) is 0 Å². The molecule has 0 unspecified atom stereocenters. The molecular formula is C20H22N6. The second kappa shape index (κ2) is 6.77. The van der Waals surface area contributed by atoms with Crippen LogP contribution in [0.15, 0.2) is 36.7 Å². The number of nitrogens with zero attached hydrogens (tertiary/aromatic N) is 5. The van der Waals surface area contributed by atoms with Crippen molar-refractivity contribution in [3.63, 3.8) is 0 Å². The van der Waals surface area contributed by atoms with Crippen molar-refractivity contribution >= 4 is 0 Å². The summed E-state index contributed by atoms with van der Waals surface area (Å²) in [5.41, 5.74) is 4.94. The normalized spacial score (nSPS) is 16.3. The van der Waals surface area contributed by atoms with Crippen LogP contribution in [0, 0.1) is 18.3 Å². The Hall–Kier alpha value is -2.91. The van der Waals surface area contributed by atoms with Gasteiger partial charge < -0.3 is 9.88 Å². The highest BCUT2D eigenvalue weighted by atomic mass is 15.3. The number of fused-ring (bicyclic) bond motifs is 1. The molecule has 0 amide bonds. The number of hydrogen-bond donors (Lipinski definition) is 1. The van der Waals surface area contributed by atoms with Crippen LogP contribution < -0.4 is 5.32 Å². The molecule has 3 aromatic rings. The van der Waals surface area contributed by atoms with Crippen LogP contribution in [-0.4, -0.2) is 25.4 Å². The molecule has 3 heterocycles. The molecule has 0 bridgehead atoms. The average molecular weight is 346 g/mol. The fourth-order valence-corrected chi connectivity index (χ4v) is 3.62. The van der Waals surface area contributed by atoms with Gasteiger partial charge in [0, 0.05) is 56.1 Å². The van der Waals surface area contributed by atoms with E-state index in [-0.39, 0.29) is 0 Å². The quantitative estimate of drug-likeness (QED) is 0.788. The molecule has 1 aromatic carbocycles. The van der Waals surface area contributed by atoms with Gasteiger partial charge in [0.1, 0.15) is 5.82 Å². The van der Waals surface area contributed by atoms with E-state index in [1.54, 1.807) is 0 Å². The first-order chi connectivity index (χ1) is 12.6. The lowest BCUT2D eigenvalue weighted by Gasteiger charge is -2.24. The van der Waals surface area contributed by atoms with Crippen LogP contribution in [-0.2, 0) is 26.6 Å². The van der Waals surface area contributed by atoms with Crippen molar-refractivity contribution in [1.82, 2.24) is 24.6 Å². The number of benzene rings is 1. The predicted octanol–water partition coefficient (Wildman–Crippen LogP) is 2.57. The molecule has 6 nitrogen and oxygen atoms in total. The fraction of sp³-hybridized carbons (Fsp3) is 0.350. The minimum atomic E-state index is 0.435. The smallest absolute Gasteiger partial charge is 0.109 e. The van der Waals surface area contributed by atoms with Crippen molar-refractivity contribution in [3.05, 3.63) is 59.3 Å². The molecule has 132 valence electrons. The van der Waals surface area contributed by atoms with Gasteiger partial charge in [-0.15, -0.1) is 0 Å². The molecule has 1 atom stereocenters.